The van der Waals surface area contributed by atoms with Gasteiger partial charge in [-0.2, -0.15) is 0 Å². The van der Waals surface area contributed by atoms with Gasteiger partial charge in [0.25, 0.3) is 19.5 Å². The molecule has 0 aliphatic heterocycles. The Bertz CT molecular complexity index is 38.8. The quantitative estimate of drug-likeness (QED) is 0.439. The fourth-order valence-corrected chi connectivity index (χ4v) is 0.671. The molecule has 0 saturated carbocycles. The van der Waals surface area contributed by atoms with E-state index < -0.39 is 0 Å². The zero-order valence-electron chi connectivity index (χ0n) is 3.05. The minimum atomic E-state index is -0.169. The van der Waals surface area contributed by atoms with Crippen molar-refractivity contribution in [2.75, 3.05) is 0 Å². The molecule has 0 aromatic rings. The first-order valence-electron chi connectivity index (χ1n) is 1.36. The maximum atomic E-state index is 8.03. The van der Waals surface area contributed by atoms with Gasteiger partial charge in [-0.3, -0.25) is 0 Å². The maximum absolute atomic E-state index is 8.03. The molecule has 6 heavy (non-hydrogen) atoms. The largest absolute Gasteiger partial charge is 0.428 e. The molecule has 0 atom stereocenters. The molecule has 0 fully saturated rings. The lowest BCUT2D eigenvalue weighted by Gasteiger charge is -1.67. The first kappa shape index (κ1) is 6.09. The van der Waals surface area contributed by atoms with Crippen LogP contribution in [0.5, 0.6) is 0 Å². The van der Waals surface area contributed by atoms with E-state index >= 15 is 0 Å². The summed E-state index contributed by atoms with van der Waals surface area (Å²) in [4.78, 5) is 16.1. The van der Waals surface area contributed by atoms with Crippen LogP contribution in [0, 0.1) is 0 Å². The Morgan fingerprint density at radius 2 is 1.33 bits per heavy atom. The minimum absolute atomic E-state index is 0.169. The van der Waals surface area contributed by atoms with Gasteiger partial charge in [-0.05, 0) is 0 Å². The van der Waals surface area contributed by atoms with Gasteiger partial charge in [0.1, 0.15) is 0 Å². The van der Waals surface area contributed by atoms with E-state index in [2.05, 4.69) is 0 Å². The molecule has 0 aromatic carbocycles. The molecule has 0 aliphatic carbocycles. The van der Waals surface area contributed by atoms with Gasteiger partial charge in [0.2, 0.25) is 0 Å². The molecule has 0 rings (SSSR count). The summed E-state index contributed by atoms with van der Waals surface area (Å²) in [6, 6.07) is 0. The predicted molar refractivity (Wildman–Crippen MR) is 25.1 cm³/mol. The monoisotopic (exact) mass is 116 g/mol. The summed E-state index contributed by atoms with van der Waals surface area (Å²) in [5.41, 5.74) is 3.05. The second-order valence-electron chi connectivity index (χ2n) is 0.592. The number of hydrogen-bond acceptors (Lipinski definition) is 2. The molecular formula is C2H4O2Si2. The van der Waals surface area contributed by atoms with Crippen LogP contribution in [0.2, 0.25) is 0 Å². The summed E-state index contributed by atoms with van der Waals surface area (Å²) < 4.78 is 0. The van der Waals surface area contributed by atoms with Crippen molar-refractivity contribution in [3.63, 3.8) is 0 Å². The Morgan fingerprint density at radius 3 is 1.50 bits per heavy atom. The molecule has 0 bridgehead atoms. The molecular weight excluding hydrogens is 112 g/mol. The molecule has 0 aliphatic rings. The molecule has 0 saturated heterocycles. The Morgan fingerprint density at radius 1 is 1.00 bits per heavy atom. The van der Waals surface area contributed by atoms with Crippen LogP contribution < -0.4 is 0 Å². The van der Waals surface area contributed by atoms with Crippen LogP contribution in [0.15, 0.2) is 11.4 Å². The molecule has 0 amide bonds. The van der Waals surface area contributed by atoms with Crippen molar-refractivity contribution in [1.29, 1.82) is 0 Å². The van der Waals surface area contributed by atoms with Crippen LogP contribution in [0.4, 0.5) is 0 Å². The van der Waals surface area contributed by atoms with Crippen molar-refractivity contribution in [2.24, 2.45) is 0 Å². The fourth-order valence-electron chi connectivity index (χ4n) is 0.0745. The Kier molecular flexibility index (Phi) is 5.17. The van der Waals surface area contributed by atoms with Crippen molar-refractivity contribution < 1.29 is 9.59 Å². The van der Waals surface area contributed by atoms with Crippen molar-refractivity contribution in [3.8, 4) is 0 Å². The fraction of sp³-hybridized carbons (Fsp3) is 0. The van der Waals surface area contributed by atoms with Gasteiger partial charge in [-0.25, -0.2) is 0 Å². The lowest BCUT2D eigenvalue weighted by molar-refractivity contribution is 0.610. The molecule has 2 nitrogen and oxygen atoms in total. The molecule has 0 heterocycles. The summed E-state index contributed by atoms with van der Waals surface area (Å²) in [7, 11) is -0.338. The normalized spacial score (nSPS) is 10.3. The lowest BCUT2D eigenvalue weighted by Crippen LogP contribution is -1.82. The van der Waals surface area contributed by atoms with Gasteiger partial charge in [0, 0.05) is 0 Å². The Labute approximate surface area is 41.4 Å². The molecule has 0 unspecified atom stereocenters. The second kappa shape index (κ2) is 5.09. The minimum Gasteiger partial charge on any atom is -0.428 e. The molecule has 32 valence electrons. The average Bonchev–Trinajstić information content (AvgIpc) is 1.61. The molecule has 4 heteroatoms. The average molecular weight is 116 g/mol. The Hall–Kier alpha value is 0.0938. The summed E-state index contributed by atoms with van der Waals surface area (Å²) in [6.45, 7) is 0. The summed E-state index contributed by atoms with van der Waals surface area (Å²) in [5.74, 6) is 0. The van der Waals surface area contributed by atoms with E-state index in [0.29, 0.717) is 0 Å². The third-order valence-corrected chi connectivity index (χ3v) is 1.20. The van der Waals surface area contributed by atoms with Crippen molar-refractivity contribution in [1.82, 2.24) is 0 Å². The lowest BCUT2D eigenvalue weighted by atomic mass is 11.2. The van der Waals surface area contributed by atoms with Crippen molar-refractivity contribution in [3.05, 3.63) is 11.4 Å². The van der Waals surface area contributed by atoms with Gasteiger partial charge in [0.05, 0.1) is 0 Å². The van der Waals surface area contributed by atoms with E-state index in [1.807, 2.05) is 0 Å². The van der Waals surface area contributed by atoms with E-state index in [1.54, 1.807) is 0 Å². The van der Waals surface area contributed by atoms with Gasteiger partial charge in [0.15, 0.2) is 0 Å². The van der Waals surface area contributed by atoms with Gasteiger partial charge < -0.3 is 9.59 Å². The topological polar surface area (TPSA) is 40.5 Å². The van der Waals surface area contributed by atoms with E-state index in [9.17, 15) is 0 Å². The smallest absolute Gasteiger partial charge is 0.256 e. The second-order valence-corrected chi connectivity index (χ2v) is 1.77. The van der Waals surface area contributed by atoms with Crippen LogP contribution in [0.1, 0.15) is 0 Å². The zero-order valence-corrected chi connectivity index (χ0v) is 5.05. The van der Waals surface area contributed by atoms with Crippen LogP contribution in [0.3, 0.4) is 0 Å². The third kappa shape index (κ3) is 4.09. The van der Waals surface area contributed by atoms with Crippen LogP contribution in [-0.4, -0.2) is 29.1 Å². The predicted octanol–water partition coefficient (Wildman–Crippen LogP) is -1.32. The summed E-state index contributed by atoms with van der Waals surface area (Å²) in [6.07, 6.45) is 0. The molecule has 2 N–H and O–H groups in total. The van der Waals surface area contributed by atoms with Crippen LogP contribution in [-0.2, 0) is 0 Å². The van der Waals surface area contributed by atoms with Crippen molar-refractivity contribution in [2.45, 2.75) is 0 Å². The Balaban J connectivity index is 2.73. The van der Waals surface area contributed by atoms with E-state index in [-0.39, 0.29) is 19.5 Å². The first-order chi connectivity index (χ1) is 2.91. The highest BCUT2D eigenvalue weighted by Crippen LogP contribution is 1.57. The zero-order chi connectivity index (χ0) is 4.83. The summed E-state index contributed by atoms with van der Waals surface area (Å²) >= 11 is 0. The highest BCUT2D eigenvalue weighted by atomic mass is 28.2. The van der Waals surface area contributed by atoms with Crippen molar-refractivity contribution >= 4 is 19.5 Å². The van der Waals surface area contributed by atoms with Gasteiger partial charge >= 0.3 is 0 Å². The summed E-state index contributed by atoms with van der Waals surface area (Å²) in [5, 5.41) is 0. The number of rotatable bonds is 2. The van der Waals surface area contributed by atoms with E-state index in [1.165, 1.54) is 11.4 Å². The van der Waals surface area contributed by atoms with Gasteiger partial charge in [-0.15, -0.1) is 0 Å². The van der Waals surface area contributed by atoms with Gasteiger partial charge in [-0.1, -0.05) is 11.4 Å². The maximum Gasteiger partial charge on any atom is 0.256 e. The highest BCUT2D eigenvalue weighted by molar-refractivity contribution is 6.40. The van der Waals surface area contributed by atoms with E-state index in [0.717, 1.165) is 0 Å². The molecule has 0 aromatic heterocycles. The van der Waals surface area contributed by atoms with Crippen LogP contribution in [0.25, 0.3) is 0 Å². The molecule has 4 radical (unpaired) electrons. The third-order valence-electron chi connectivity index (χ3n) is 0.232. The standard InChI is InChI=1S/C2H4O2Si2/c3-5-1-2-6-4/h1-4H. The first-order valence-corrected chi connectivity index (χ1v) is 3.41. The highest BCUT2D eigenvalue weighted by Gasteiger charge is 1.68. The molecule has 0 spiro atoms. The van der Waals surface area contributed by atoms with Crippen LogP contribution >= 0.6 is 0 Å². The SMILES string of the molecule is O[Si]C=C[Si]O. The number of hydrogen-bond donors (Lipinski definition) is 2. The van der Waals surface area contributed by atoms with E-state index in [4.69, 9.17) is 9.59 Å².